The van der Waals surface area contributed by atoms with Gasteiger partial charge in [0.05, 0.1) is 5.41 Å². The van der Waals surface area contributed by atoms with Crippen LogP contribution in [0, 0.1) is 18.8 Å². The van der Waals surface area contributed by atoms with Crippen molar-refractivity contribution >= 4 is 5.91 Å². The van der Waals surface area contributed by atoms with Gasteiger partial charge in [-0.2, -0.15) is 4.98 Å². The third-order valence-electron chi connectivity index (χ3n) is 6.85. The van der Waals surface area contributed by atoms with Gasteiger partial charge in [-0.05, 0) is 44.1 Å². The second kappa shape index (κ2) is 8.27. The maximum atomic E-state index is 12.7. The molecule has 1 N–H and O–H groups in total. The molecule has 3 atom stereocenters. The first-order valence-corrected chi connectivity index (χ1v) is 10.9. The third-order valence-corrected chi connectivity index (χ3v) is 6.85. The van der Waals surface area contributed by atoms with Gasteiger partial charge in [0.25, 0.3) is 0 Å². The number of hydrogen-bond acceptors (Lipinski definition) is 5. The lowest BCUT2D eigenvalue weighted by molar-refractivity contribution is -0.125. The molecule has 1 saturated heterocycles. The van der Waals surface area contributed by atoms with Gasteiger partial charge >= 0.3 is 0 Å². The summed E-state index contributed by atoms with van der Waals surface area (Å²) in [6.45, 7) is 8.86. The molecule has 6 heteroatoms. The van der Waals surface area contributed by atoms with E-state index in [2.05, 4.69) is 64.5 Å². The highest BCUT2D eigenvalue weighted by Gasteiger charge is 2.57. The van der Waals surface area contributed by atoms with Crippen LogP contribution < -0.4 is 5.32 Å². The zero-order valence-corrected chi connectivity index (χ0v) is 17.7. The number of likely N-dealkylation sites (tertiary alicyclic amines) is 1. The number of carbonyl (C=O) groups is 1. The first-order chi connectivity index (χ1) is 14.0. The highest BCUT2D eigenvalue weighted by Crippen LogP contribution is 2.50. The van der Waals surface area contributed by atoms with Gasteiger partial charge in [0, 0.05) is 31.6 Å². The molecule has 4 rings (SSSR count). The number of aryl methyl sites for hydroxylation is 1. The second-order valence-corrected chi connectivity index (χ2v) is 8.81. The second-order valence-electron chi connectivity index (χ2n) is 8.81. The summed E-state index contributed by atoms with van der Waals surface area (Å²) < 4.78 is 5.69. The van der Waals surface area contributed by atoms with Crippen molar-refractivity contribution in [1.29, 1.82) is 0 Å². The first kappa shape index (κ1) is 20.1. The summed E-state index contributed by atoms with van der Waals surface area (Å²) in [5.41, 5.74) is 1.16. The number of aromatic nitrogens is 2. The number of nitrogens with one attached hydrogen (secondary N) is 1. The maximum absolute atomic E-state index is 12.7. The molecule has 0 bridgehead atoms. The normalized spacial score (nSPS) is 26.8. The number of carbonyl (C=O) groups excluding carboxylic acids is 1. The Hall–Kier alpha value is -2.21. The minimum Gasteiger partial charge on any atom is -0.353 e. The average molecular weight is 397 g/mol. The van der Waals surface area contributed by atoms with Crippen molar-refractivity contribution in [3.8, 4) is 0 Å². The van der Waals surface area contributed by atoms with Crippen LogP contribution in [-0.2, 0) is 16.8 Å². The van der Waals surface area contributed by atoms with Crippen LogP contribution in [0.4, 0.5) is 0 Å². The fourth-order valence-electron chi connectivity index (χ4n) is 5.36. The maximum Gasteiger partial charge on any atom is 0.234 e. The number of amides is 1. The van der Waals surface area contributed by atoms with Gasteiger partial charge in [0.2, 0.25) is 11.8 Å². The molecule has 1 aliphatic heterocycles. The van der Waals surface area contributed by atoms with E-state index in [0.29, 0.717) is 11.7 Å². The Morgan fingerprint density at radius 1 is 1.31 bits per heavy atom. The molecule has 2 fully saturated rings. The van der Waals surface area contributed by atoms with E-state index in [4.69, 9.17) is 4.52 Å². The van der Waals surface area contributed by atoms with Gasteiger partial charge in [0.1, 0.15) is 0 Å². The van der Waals surface area contributed by atoms with E-state index in [0.717, 1.165) is 51.2 Å². The molecule has 6 nitrogen and oxygen atoms in total. The standard InChI is InChI=1S/C23H32N4O2/c1-4-18(5-2)21(28)25-20-11-19-14-27(13-17-9-7-6-8-10-17)15-23(19,12-20)22-24-16(3)26-29-22/h6-10,18-20H,4-5,11-15H2,1-3H3,(H,25,28)/t19-,20+,23-/m0/s1. The fraction of sp³-hybridized carbons (Fsp3) is 0.609. The van der Waals surface area contributed by atoms with Crippen molar-refractivity contribution in [2.45, 2.75) is 64.5 Å². The van der Waals surface area contributed by atoms with Crippen LogP contribution in [0.5, 0.6) is 0 Å². The Bertz CT molecular complexity index is 832. The Morgan fingerprint density at radius 3 is 2.72 bits per heavy atom. The van der Waals surface area contributed by atoms with Crippen molar-refractivity contribution in [2.24, 2.45) is 11.8 Å². The third kappa shape index (κ3) is 3.95. The Morgan fingerprint density at radius 2 is 2.07 bits per heavy atom. The average Bonchev–Trinajstić information content (AvgIpc) is 3.36. The zero-order valence-electron chi connectivity index (χ0n) is 17.7. The van der Waals surface area contributed by atoms with E-state index in [1.807, 2.05) is 6.92 Å². The van der Waals surface area contributed by atoms with E-state index in [-0.39, 0.29) is 23.3 Å². The summed E-state index contributed by atoms with van der Waals surface area (Å²) in [5.74, 6) is 2.14. The molecule has 0 unspecified atom stereocenters. The first-order valence-electron chi connectivity index (χ1n) is 10.9. The molecule has 2 aromatic rings. The van der Waals surface area contributed by atoms with Gasteiger partial charge < -0.3 is 9.84 Å². The van der Waals surface area contributed by atoms with Crippen molar-refractivity contribution in [3.05, 3.63) is 47.6 Å². The quantitative estimate of drug-likeness (QED) is 0.776. The minimum atomic E-state index is -0.165. The molecule has 156 valence electrons. The molecule has 1 aromatic heterocycles. The van der Waals surface area contributed by atoms with Crippen molar-refractivity contribution < 1.29 is 9.32 Å². The largest absolute Gasteiger partial charge is 0.353 e. The molecule has 1 aromatic carbocycles. The van der Waals surface area contributed by atoms with Crippen LogP contribution in [0.1, 0.15) is 56.8 Å². The molecule has 0 radical (unpaired) electrons. The van der Waals surface area contributed by atoms with Gasteiger partial charge in [0.15, 0.2) is 5.82 Å². The van der Waals surface area contributed by atoms with Crippen LogP contribution >= 0.6 is 0 Å². The predicted octanol–water partition coefficient (Wildman–Crippen LogP) is 3.46. The van der Waals surface area contributed by atoms with E-state index < -0.39 is 0 Å². The Kier molecular flexibility index (Phi) is 5.72. The van der Waals surface area contributed by atoms with Gasteiger partial charge in [-0.15, -0.1) is 0 Å². The Balaban J connectivity index is 1.52. The van der Waals surface area contributed by atoms with Crippen LogP contribution in [0.25, 0.3) is 0 Å². The number of hydrogen-bond donors (Lipinski definition) is 1. The van der Waals surface area contributed by atoms with Gasteiger partial charge in [-0.3, -0.25) is 9.69 Å². The fourth-order valence-corrected chi connectivity index (χ4v) is 5.36. The molecular formula is C23H32N4O2. The van der Waals surface area contributed by atoms with E-state index in [1.54, 1.807) is 0 Å². The van der Waals surface area contributed by atoms with E-state index >= 15 is 0 Å². The Labute approximate surface area is 173 Å². The summed E-state index contributed by atoms with van der Waals surface area (Å²) in [6.07, 6.45) is 3.61. The summed E-state index contributed by atoms with van der Waals surface area (Å²) >= 11 is 0. The van der Waals surface area contributed by atoms with Crippen LogP contribution in [0.15, 0.2) is 34.9 Å². The van der Waals surface area contributed by atoms with Crippen molar-refractivity contribution in [1.82, 2.24) is 20.4 Å². The number of nitrogens with zero attached hydrogens (tertiary/aromatic N) is 3. The lowest BCUT2D eigenvalue weighted by Crippen LogP contribution is -2.40. The number of benzene rings is 1. The zero-order chi connectivity index (χ0) is 20.4. The van der Waals surface area contributed by atoms with Gasteiger partial charge in [-0.1, -0.05) is 49.3 Å². The highest BCUT2D eigenvalue weighted by atomic mass is 16.5. The minimum absolute atomic E-state index is 0.103. The van der Waals surface area contributed by atoms with Crippen molar-refractivity contribution in [3.63, 3.8) is 0 Å². The molecule has 1 saturated carbocycles. The van der Waals surface area contributed by atoms with Crippen LogP contribution in [0.3, 0.4) is 0 Å². The van der Waals surface area contributed by atoms with Crippen molar-refractivity contribution in [2.75, 3.05) is 13.1 Å². The summed E-state index contributed by atoms with van der Waals surface area (Å²) in [5, 5.41) is 7.40. The summed E-state index contributed by atoms with van der Waals surface area (Å²) in [6, 6.07) is 10.8. The SMILES string of the molecule is CCC(CC)C(=O)N[C@@H]1C[C@H]2CN(Cc3ccccc3)C[C@@]2(c2nc(C)no2)C1. The monoisotopic (exact) mass is 396 g/mol. The molecule has 1 amide bonds. The molecule has 2 aliphatic rings. The molecule has 0 spiro atoms. The van der Waals surface area contributed by atoms with Crippen LogP contribution in [-0.4, -0.2) is 40.1 Å². The lowest BCUT2D eigenvalue weighted by atomic mass is 9.80. The molecular weight excluding hydrogens is 364 g/mol. The van der Waals surface area contributed by atoms with Crippen LogP contribution in [0.2, 0.25) is 0 Å². The molecule has 29 heavy (non-hydrogen) atoms. The smallest absolute Gasteiger partial charge is 0.234 e. The summed E-state index contributed by atoms with van der Waals surface area (Å²) in [7, 11) is 0. The summed E-state index contributed by atoms with van der Waals surface area (Å²) in [4.78, 5) is 19.8. The van der Waals surface area contributed by atoms with E-state index in [1.165, 1.54) is 5.56 Å². The predicted molar refractivity (Wildman–Crippen MR) is 111 cm³/mol. The topological polar surface area (TPSA) is 71.3 Å². The number of fused-ring (bicyclic) bond motifs is 1. The number of rotatable bonds is 7. The molecule has 1 aliphatic carbocycles. The molecule has 2 heterocycles. The highest BCUT2D eigenvalue weighted by molar-refractivity contribution is 5.78. The van der Waals surface area contributed by atoms with E-state index in [9.17, 15) is 4.79 Å². The lowest BCUT2D eigenvalue weighted by Gasteiger charge is -2.26. The van der Waals surface area contributed by atoms with Gasteiger partial charge in [-0.25, -0.2) is 0 Å².